The van der Waals surface area contributed by atoms with Crippen LogP contribution in [0.3, 0.4) is 0 Å². The van der Waals surface area contributed by atoms with E-state index in [0.29, 0.717) is 35.2 Å². The number of ether oxygens (including phenoxy) is 2. The van der Waals surface area contributed by atoms with Gasteiger partial charge in [-0.2, -0.15) is 0 Å². The van der Waals surface area contributed by atoms with E-state index in [0.717, 1.165) is 16.9 Å². The third-order valence-electron chi connectivity index (χ3n) is 4.97. The van der Waals surface area contributed by atoms with Crippen molar-refractivity contribution in [2.24, 2.45) is 0 Å². The number of nitrogens with one attached hydrogen (secondary N) is 1. The molecule has 0 saturated heterocycles. The van der Waals surface area contributed by atoms with Gasteiger partial charge in [0.25, 0.3) is 0 Å². The predicted molar refractivity (Wildman–Crippen MR) is 117 cm³/mol. The van der Waals surface area contributed by atoms with E-state index < -0.39 is 11.6 Å². The summed E-state index contributed by atoms with van der Waals surface area (Å²) in [7, 11) is 1.61. The summed E-state index contributed by atoms with van der Waals surface area (Å²) < 4.78 is 15.9. The Labute approximate surface area is 180 Å². The normalized spacial score (nSPS) is 10.7. The standard InChI is InChI=1S/C24H25NO6/c1-14-11-20(30-16(3)26)23-15(2)19(24(28)31-21(23)12-14)13-22(27)25-10-9-17-5-7-18(29-4)8-6-17/h5-8,11-12H,9-10,13H2,1-4H3,(H,25,27). The molecule has 0 atom stereocenters. The Morgan fingerprint density at radius 3 is 2.45 bits per heavy atom. The van der Waals surface area contributed by atoms with Gasteiger partial charge in [-0.15, -0.1) is 0 Å². The zero-order chi connectivity index (χ0) is 22.5. The Hall–Kier alpha value is -3.61. The lowest BCUT2D eigenvalue weighted by Crippen LogP contribution is -2.29. The van der Waals surface area contributed by atoms with Crippen molar-refractivity contribution < 1.29 is 23.5 Å². The van der Waals surface area contributed by atoms with E-state index in [1.807, 2.05) is 31.2 Å². The number of hydrogen-bond donors (Lipinski definition) is 1. The first-order chi connectivity index (χ1) is 14.8. The Bertz CT molecular complexity index is 1180. The van der Waals surface area contributed by atoms with Crippen LogP contribution in [0.4, 0.5) is 0 Å². The smallest absolute Gasteiger partial charge is 0.340 e. The highest BCUT2D eigenvalue weighted by molar-refractivity contribution is 5.91. The van der Waals surface area contributed by atoms with E-state index in [-0.39, 0.29) is 17.9 Å². The number of amides is 1. The van der Waals surface area contributed by atoms with Gasteiger partial charge in [-0.1, -0.05) is 12.1 Å². The van der Waals surface area contributed by atoms with Crippen LogP contribution in [0.5, 0.6) is 11.5 Å². The summed E-state index contributed by atoms with van der Waals surface area (Å²) in [5.41, 5.74) is 2.40. The first-order valence-electron chi connectivity index (χ1n) is 9.93. The zero-order valence-corrected chi connectivity index (χ0v) is 18.0. The summed E-state index contributed by atoms with van der Waals surface area (Å²) in [6, 6.07) is 11.0. The highest BCUT2D eigenvalue weighted by Gasteiger charge is 2.19. The monoisotopic (exact) mass is 423 g/mol. The number of hydrogen-bond acceptors (Lipinski definition) is 6. The summed E-state index contributed by atoms with van der Waals surface area (Å²) in [5, 5.41) is 3.35. The molecule has 0 unspecified atom stereocenters. The van der Waals surface area contributed by atoms with Gasteiger partial charge in [0.05, 0.1) is 24.5 Å². The molecule has 3 rings (SSSR count). The molecule has 31 heavy (non-hydrogen) atoms. The van der Waals surface area contributed by atoms with Crippen LogP contribution in [0.1, 0.15) is 29.2 Å². The van der Waals surface area contributed by atoms with Gasteiger partial charge in [0.15, 0.2) is 0 Å². The summed E-state index contributed by atoms with van der Waals surface area (Å²) in [4.78, 5) is 36.5. The zero-order valence-electron chi connectivity index (χ0n) is 18.0. The Kier molecular flexibility index (Phi) is 6.74. The molecule has 1 amide bonds. The molecule has 1 heterocycles. The SMILES string of the molecule is COc1ccc(CCNC(=O)Cc2c(C)c3c(OC(C)=O)cc(C)cc3oc2=O)cc1. The summed E-state index contributed by atoms with van der Waals surface area (Å²) in [6.45, 7) is 5.27. The summed E-state index contributed by atoms with van der Waals surface area (Å²) >= 11 is 0. The molecule has 0 radical (unpaired) electrons. The molecule has 1 N–H and O–H groups in total. The minimum Gasteiger partial charge on any atom is -0.497 e. The van der Waals surface area contributed by atoms with Crippen LogP contribution in [0.15, 0.2) is 45.6 Å². The van der Waals surface area contributed by atoms with Crippen LogP contribution >= 0.6 is 0 Å². The topological polar surface area (TPSA) is 94.8 Å². The van der Waals surface area contributed by atoms with E-state index in [9.17, 15) is 14.4 Å². The van der Waals surface area contributed by atoms with Gasteiger partial charge in [0.1, 0.15) is 17.1 Å². The van der Waals surface area contributed by atoms with Gasteiger partial charge in [0, 0.05) is 13.5 Å². The largest absolute Gasteiger partial charge is 0.497 e. The van der Waals surface area contributed by atoms with Gasteiger partial charge in [-0.05, 0) is 61.2 Å². The summed E-state index contributed by atoms with van der Waals surface area (Å²) in [6.07, 6.45) is 0.525. The third kappa shape index (κ3) is 5.31. The maximum absolute atomic E-state index is 12.5. The van der Waals surface area contributed by atoms with E-state index >= 15 is 0 Å². The van der Waals surface area contributed by atoms with Crippen LogP contribution in [0.25, 0.3) is 11.0 Å². The van der Waals surface area contributed by atoms with Crippen molar-refractivity contribution in [2.45, 2.75) is 33.6 Å². The summed E-state index contributed by atoms with van der Waals surface area (Å²) in [5.74, 6) is 0.319. The number of aryl methyl sites for hydroxylation is 2. The fourth-order valence-electron chi connectivity index (χ4n) is 3.44. The quantitative estimate of drug-likeness (QED) is 0.356. The van der Waals surface area contributed by atoms with Gasteiger partial charge < -0.3 is 19.2 Å². The molecule has 1 aromatic heterocycles. The van der Waals surface area contributed by atoms with Crippen LogP contribution in [0.2, 0.25) is 0 Å². The maximum Gasteiger partial charge on any atom is 0.340 e. The van der Waals surface area contributed by atoms with Gasteiger partial charge in [0.2, 0.25) is 5.91 Å². The minimum atomic E-state index is -0.574. The van der Waals surface area contributed by atoms with E-state index in [1.165, 1.54) is 6.92 Å². The first kappa shape index (κ1) is 22.1. The van der Waals surface area contributed by atoms with Crippen LogP contribution in [-0.4, -0.2) is 25.5 Å². The molecule has 7 heteroatoms. The number of esters is 1. The number of rotatable bonds is 7. The lowest BCUT2D eigenvalue weighted by molar-refractivity contribution is -0.131. The molecule has 0 aliphatic heterocycles. The van der Waals surface area contributed by atoms with Crippen molar-refractivity contribution >= 4 is 22.8 Å². The first-order valence-corrected chi connectivity index (χ1v) is 9.93. The second-order valence-corrected chi connectivity index (χ2v) is 7.35. The molecular formula is C24H25NO6. The van der Waals surface area contributed by atoms with Crippen LogP contribution in [-0.2, 0) is 22.4 Å². The molecule has 162 valence electrons. The molecule has 0 bridgehead atoms. The van der Waals surface area contributed by atoms with E-state index in [1.54, 1.807) is 26.2 Å². The molecule has 0 fully saturated rings. The Balaban J connectivity index is 1.77. The fourth-order valence-corrected chi connectivity index (χ4v) is 3.44. The molecular weight excluding hydrogens is 398 g/mol. The molecule has 3 aromatic rings. The van der Waals surface area contributed by atoms with E-state index in [2.05, 4.69) is 5.32 Å². The molecule has 0 aliphatic carbocycles. The highest BCUT2D eigenvalue weighted by Crippen LogP contribution is 2.31. The van der Waals surface area contributed by atoms with Crippen molar-refractivity contribution in [3.63, 3.8) is 0 Å². The van der Waals surface area contributed by atoms with Crippen molar-refractivity contribution in [3.8, 4) is 11.5 Å². The third-order valence-corrected chi connectivity index (χ3v) is 4.97. The number of fused-ring (bicyclic) bond motifs is 1. The second kappa shape index (κ2) is 9.47. The van der Waals surface area contributed by atoms with Gasteiger partial charge >= 0.3 is 11.6 Å². The number of methoxy groups -OCH3 is 1. The van der Waals surface area contributed by atoms with Crippen molar-refractivity contribution in [1.82, 2.24) is 5.32 Å². The van der Waals surface area contributed by atoms with E-state index in [4.69, 9.17) is 13.9 Å². The molecule has 7 nitrogen and oxygen atoms in total. The fraction of sp³-hybridized carbons (Fsp3) is 0.292. The maximum atomic E-state index is 12.5. The van der Waals surface area contributed by atoms with Crippen molar-refractivity contribution in [2.75, 3.05) is 13.7 Å². The van der Waals surface area contributed by atoms with Gasteiger partial charge in [-0.3, -0.25) is 9.59 Å². The Morgan fingerprint density at radius 2 is 1.81 bits per heavy atom. The van der Waals surface area contributed by atoms with Crippen molar-refractivity contribution in [3.05, 3.63) is 69.1 Å². The molecule has 0 spiro atoms. The number of carbonyl (C=O) groups is 2. The van der Waals surface area contributed by atoms with Crippen LogP contribution < -0.4 is 20.4 Å². The Morgan fingerprint density at radius 1 is 1.10 bits per heavy atom. The van der Waals surface area contributed by atoms with Crippen molar-refractivity contribution in [1.29, 1.82) is 0 Å². The second-order valence-electron chi connectivity index (χ2n) is 7.35. The lowest BCUT2D eigenvalue weighted by atomic mass is 10.0. The molecule has 0 saturated carbocycles. The van der Waals surface area contributed by atoms with Crippen LogP contribution in [0, 0.1) is 13.8 Å². The number of benzene rings is 2. The van der Waals surface area contributed by atoms with Gasteiger partial charge in [-0.25, -0.2) is 4.79 Å². The predicted octanol–water partition coefficient (Wildman–Crippen LogP) is 3.25. The average Bonchev–Trinajstić information content (AvgIpc) is 2.70. The molecule has 0 aliphatic rings. The average molecular weight is 423 g/mol. The number of carbonyl (C=O) groups excluding carboxylic acids is 2. The highest BCUT2D eigenvalue weighted by atomic mass is 16.5. The molecule has 2 aromatic carbocycles. The lowest BCUT2D eigenvalue weighted by Gasteiger charge is -2.12. The minimum absolute atomic E-state index is 0.125.